The Hall–Kier alpha value is -2.02. The molecule has 25 heavy (non-hydrogen) atoms. The number of hydrogen-bond acceptors (Lipinski definition) is 6. The van der Waals surface area contributed by atoms with Gasteiger partial charge in [0.15, 0.2) is 5.82 Å². The summed E-state index contributed by atoms with van der Waals surface area (Å²) in [5.41, 5.74) is 2.62. The number of nitrogens with zero attached hydrogens (tertiary/aromatic N) is 7. The summed E-state index contributed by atoms with van der Waals surface area (Å²) in [4.78, 5) is 4.74. The van der Waals surface area contributed by atoms with Gasteiger partial charge in [0.05, 0.1) is 12.2 Å². The number of likely N-dealkylation sites (N-methyl/N-ethyl adjacent to an activating group) is 1. The van der Waals surface area contributed by atoms with Gasteiger partial charge in [0.25, 0.3) is 0 Å². The predicted octanol–water partition coefficient (Wildman–Crippen LogP) is 1.60. The molecule has 0 atom stereocenters. The Morgan fingerprint density at radius 1 is 1.12 bits per heavy atom. The number of anilines is 1. The molecule has 0 unspecified atom stereocenters. The first kappa shape index (κ1) is 15.3. The summed E-state index contributed by atoms with van der Waals surface area (Å²) in [6, 6.07) is 3.45. The molecule has 3 heterocycles. The molecular formula is C18H25N7. The van der Waals surface area contributed by atoms with Gasteiger partial charge in [-0.05, 0) is 57.2 Å². The Balaban J connectivity index is 1.20. The van der Waals surface area contributed by atoms with Gasteiger partial charge >= 0.3 is 0 Å². The summed E-state index contributed by atoms with van der Waals surface area (Å²) in [6.07, 6.45) is 9.21. The zero-order chi connectivity index (χ0) is 16.8. The lowest BCUT2D eigenvalue weighted by molar-refractivity contribution is 0.190. The van der Waals surface area contributed by atoms with E-state index in [0.717, 1.165) is 44.1 Å². The van der Waals surface area contributed by atoms with Crippen LogP contribution in [0.25, 0.3) is 0 Å². The molecule has 0 spiro atoms. The Kier molecular flexibility index (Phi) is 3.69. The summed E-state index contributed by atoms with van der Waals surface area (Å²) >= 11 is 0. The van der Waals surface area contributed by atoms with Gasteiger partial charge in [0.1, 0.15) is 12.2 Å². The molecule has 1 saturated carbocycles. The maximum absolute atomic E-state index is 4.46. The van der Waals surface area contributed by atoms with E-state index in [1.54, 1.807) is 0 Å². The highest BCUT2D eigenvalue weighted by molar-refractivity contribution is 5.45. The van der Waals surface area contributed by atoms with Crippen LogP contribution in [0, 0.1) is 0 Å². The van der Waals surface area contributed by atoms with Crippen LogP contribution in [-0.4, -0.2) is 56.0 Å². The molecule has 7 nitrogen and oxygen atoms in total. The molecule has 2 fully saturated rings. The molecule has 0 radical (unpaired) electrons. The lowest BCUT2D eigenvalue weighted by atomic mass is 9.96. The molecule has 0 aromatic carbocycles. The number of rotatable bonds is 5. The van der Waals surface area contributed by atoms with Gasteiger partial charge in [-0.3, -0.25) is 4.90 Å². The third kappa shape index (κ3) is 2.90. The van der Waals surface area contributed by atoms with Crippen LogP contribution in [0.3, 0.4) is 0 Å². The molecule has 5 rings (SSSR count). The second-order valence-corrected chi connectivity index (χ2v) is 7.74. The van der Waals surface area contributed by atoms with Crippen LogP contribution < -0.4 is 4.90 Å². The van der Waals surface area contributed by atoms with Crippen LogP contribution in [0.4, 0.5) is 5.82 Å². The van der Waals surface area contributed by atoms with Gasteiger partial charge in [0, 0.05) is 25.2 Å². The normalized spacial score (nSPS) is 20.6. The topological polar surface area (TPSA) is 63.0 Å². The average molecular weight is 339 g/mol. The van der Waals surface area contributed by atoms with Gasteiger partial charge in [-0.15, -0.1) is 15.3 Å². The second-order valence-electron chi connectivity index (χ2n) is 7.74. The molecule has 0 bridgehead atoms. The highest BCUT2D eigenvalue weighted by Crippen LogP contribution is 2.35. The van der Waals surface area contributed by atoms with Gasteiger partial charge in [-0.25, -0.2) is 0 Å². The minimum Gasteiger partial charge on any atom is -0.352 e. The minimum absolute atomic E-state index is 0.544. The van der Waals surface area contributed by atoms with Crippen molar-refractivity contribution in [2.75, 3.05) is 25.0 Å². The lowest BCUT2D eigenvalue weighted by Crippen LogP contribution is -2.58. The molecule has 2 aromatic heterocycles. The number of aromatic nitrogens is 5. The Morgan fingerprint density at radius 2 is 1.96 bits per heavy atom. The number of aryl methyl sites for hydroxylation is 2. The van der Waals surface area contributed by atoms with Gasteiger partial charge in [0.2, 0.25) is 0 Å². The van der Waals surface area contributed by atoms with Crippen molar-refractivity contribution >= 4 is 5.82 Å². The average Bonchev–Trinajstić information content (AvgIpc) is 3.33. The zero-order valence-electron chi connectivity index (χ0n) is 14.8. The van der Waals surface area contributed by atoms with Crippen molar-refractivity contribution in [2.45, 2.75) is 57.2 Å². The third-order valence-corrected chi connectivity index (χ3v) is 5.84. The first-order valence-corrected chi connectivity index (χ1v) is 9.47. The molecule has 3 aliphatic rings. The van der Waals surface area contributed by atoms with E-state index in [4.69, 9.17) is 0 Å². The van der Waals surface area contributed by atoms with E-state index in [-0.39, 0.29) is 0 Å². The number of fused-ring (bicyclic) bond motifs is 1. The smallest absolute Gasteiger partial charge is 0.151 e. The van der Waals surface area contributed by atoms with Crippen molar-refractivity contribution in [1.29, 1.82) is 0 Å². The molecule has 2 aliphatic carbocycles. The monoisotopic (exact) mass is 339 g/mol. The molecule has 1 saturated heterocycles. The van der Waals surface area contributed by atoms with Crippen molar-refractivity contribution in [3.63, 3.8) is 0 Å². The Bertz CT molecular complexity index is 761. The molecule has 1 aliphatic heterocycles. The van der Waals surface area contributed by atoms with Crippen molar-refractivity contribution in [2.24, 2.45) is 0 Å². The molecule has 0 N–H and O–H groups in total. The number of hydrogen-bond donors (Lipinski definition) is 0. The van der Waals surface area contributed by atoms with Crippen molar-refractivity contribution in [3.8, 4) is 0 Å². The van der Waals surface area contributed by atoms with E-state index in [0.29, 0.717) is 12.1 Å². The molecule has 0 amide bonds. The van der Waals surface area contributed by atoms with E-state index in [2.05, 4.69) is 47.9 Å². The highest BCUT2D eigenvalue weighted by Gasteiger charge is 2.33. The van der Waals surface area contributed by atoms with Crippen LogP contribution in [0.2, 0.25) is 0 Å². The summed E-state index contributed by atoms with van der Waals surface area (Å²) in [5, 5.41) is 17.3. The summed E-state index contributed by atoms with van der Waals surface area (Å²) < 4.78 is 2.25. The van der Waals surface area contributed by atoms with Crippen molar-refractivity contribution in [3.05, 3.63) is 29.5 Å². The van der Waals surface area contributed by atoms with Gasteiger partial charge < -0.3 is 9.47 Å². The van der Waals surface area contributed by atoms with Gasteiger partial charge in [-0.1, -0.05) is 0 Å². The quantitative estimate of drug-likeness (QED) is 0.825. The summed E-state index contributed by atoms with van der Waals surface area (Å²) in [7, 11) is 2.19. The summed E-state index contributed by atoms with van der Waals surface area (Å²) in [5.74, 6) is 2.14. The molecule has 7 heteroatoms. The van der Waals surface area contributed by atoms with Crippen LogP contribution in [0.15, 0.2) is 12.4 Å². The standard InChI is InChI=1S/C18H25N7/c1-23(11-18-21-19-12-25(18)14-6-7-14)15-9-24(10-15)17-8-13-4-2-3-5-16(13)20-22-17/h8,12,14-15H,2-7,9-11H2,1H3. The lowest BCUT2D eigenvalue weighted by Gasteiger charge is -2.44. The van der Waals surface area contributed by atoms with Crippen molar-refractivity contribution < 1.29 is 0 Å². The fraction of sp³-hybridized carbons (Fsp3) is 0.667. The first-order valence-electron chi connectivity index (χ1n) is 9.47. The fourth-order valence-corrected chi connectivity index (χ4v) is 3.94. The van der Waals surface area contributed by atoms with E-state index in [9.17, 15) is 0 Å². The first-order chi connectivity index (χ1) is 12.3. The van der Waals surface area contributed by atoms with Crippen LogP contribution >= 0.6 is 0 Å². The van der Waals surface area contributed by atoms with E-state index < -0.39 is 0 Å². The van der Waals surface area contributed by atoms with Crippen LogP contribution in [0.1, 0.15) is 48.8 Å². The SMILES string of the molecule is CN(Cc1nncn1C1CC1)C1CN(c2cc3c(nn2)CCCC3)C1. The Morgan fingerprint density at radius 3 is 2.80 bits per heavy atom. The fourth-order valence-electron chi connectivity index (χ4n) is 3.94. The summed E-state index contributed by atoms with van der Waals surface area (Å²) in [6.45, 7) is 2.90. The minimum atomic E-state index is 0.544. The molecule has 132 valence electrons. The zero-order valence-corrected chi connectivity index (χ0v) is 14.8. The van der Waals surface area contributed by atoms with Crippen molar-refractivity contribution in [1.82, 2.24) is 29.9 Å². The second kappa shape index (κ2) is 6.05. The van der Waals surface area contributed by atoms with E-state index in [1.807, 2.05) is 6.33 Å². The maximum atomic E-state index is 4.46. The van der Waals surface area contributed by atoms with E-state index in [1.165, 1.54) is 36.9 Å². The third-order valence-electron chi connectivity index (χ3n) is 5.84. The molecule has 2 aromatic rings. The van der Waals surface area contributed by atoms with Gasteiger partial charge in [-0.2, -0.15) is 5.10 Å². The predicted molar refractivity (Wildman–Crippen MR) is 94.4 cm³/mol. The molecular weight excluding hydrogens is 314 g/mol. The van der Waals surface area contributed by atoms with E-state index >= 15 is 0 Å². The largest absolute Gasteiger partial charge is 0.352 e. The highest BCUT2D eigenvalue weighted by atomic mass is 15.4. The van der Waals surface area contributed by atoms with Crippen LogP contribution in [-0.2, 0) is 19.4 Å². The maximum Gasteiger partial charge on any atom is 0.151 e. The Labute approximate surface area is 148 Å². The van der Waals surface area contributed by atoms with Crippen LogP contribution in [0.5, 0.6) is 0 Å².